The molecular formula is C24H28N2O2. The van der Waals surface area contributed by atoms with Gasteiger partial charge in [0.05, 0.1) is 13.2 Å². The third kappa shape index (κ3) is 5.74. The topological polar surface area (TPSA) is 50.4 Å². The van der Waals surface area contributed by atoms with Crippen LogP contribution in [-0.2, 0) is 4.79 Å². The molecule has 0 heterocycles. The second-order valence-electron chi connectivity index (χ2n) is 6.86. The van der Waals surface area contributed by atoms with E-state index >= 15 is 0 Å². The molecule has 0 radical (unpaired) electrons. The zero-order chi connectivity index (χ0) is 19.6. The predicted octanol–water partition coefficient (Wildman–Crippen LogP) is 5.85. The molecule has 3 aromatic rings. The van der Waals surface area contributed by atoms with Gasteiger partial charge in [0.1, 0.15) is 5.75 Å². The zero-order valence-corrected chi connectivity index (χ0v) is 16.4. The normalized spacial score (nSPS) is 10.6. The van der Waals surface area contributed by atoms with Crippen LogP contribution in [-0.4, -0.2) is 19.1 Å². The molecule has 4 heteroatoms. The Kier molecular flexibility index (Phi) is 7.30. The Hall–Kier alpha value is -3.01. The molecule has 1 amide bonds. The van der Waals surface area contributed by atoms with Crippen molar-refractivity contribution in [3.8, 4) is 5.75 Å². The minimum atomic E-state index is -0.0823. The summed E-state index contributed by atoms with van der Waals surface area (Å²) in [6.45, 7) is 3.15. The Morgan fingerprint density at radius 3 is 2.50 bits per heavy atom. The average Bonchev–Trinajstić information content (AvgIpc) is 2.73. The number of rotatable bonds is 10. The maximum atomic E-state index is 12.3. The minimum Gasteiger partial charge on any atom is -0.494 e. The molecule has 146 valence electrons. The molecule has 0 unspecified atom stereocenters. The van der Waals surface area contributed by atoms with E-state index in [1.165, 1.54) is 19.3 Å². The summed E-state index contributed by atoms with van der Waals surface area (Å²) in [5.74, 6) is 0.754. The smallest absolute Gasteiger partial charge is 0.243 e. The second-order valence-corrected chi connectivity index (χ2v) is 6.86. The summed E-state index contributed by atoms with van der Waals surface area (Å²) in [5.41, 5.74) is 1.73. The van der Waals surface area contributed by atoms with Crippen LogP contribution in [0.25, 0.3) is 10.8 Å². The zero-order valence-electron chi connectivity index (χ0n) is 16.4. The van der Waals surface area contributed by atoms with Gasteiger partial charge in [-0.1, -0.05) is 62.6 Å². The Labute approximate surface area is 166 Å². The first-order valence-electron chi connectivity index (χ1n) is 10.0. The van der Waals surface area contributed by atoms with Crippen molar-refractivity contribution in [1.29, 1.82) is 0 Å². The molecule has 0 aliphatic rings. The maximum Gasteiger partial charge on any atom is 0.243 e. The van der Waals surface area contributed by atoms with Gasteiger partial charge in [0.2, 0.25) is 5.91 Å². The molecule has 0 aliphatic heterocycles. The van der Waals surface area contributed by atoms with Crippen LogP contribution in [0.4, 0.5) is 11.4 Å². The van der Waals surface area contributed by atoms with Gasteiger partial charge in [-0.3, -0.25) is 4.79 Å². The number of amides is 1. The van der Waals surface area contributed by atoms with Crippen molar-refractivity contribution in [3.63, 3.8) is 0 Å². The van der Waals surface area contributed by atoms with Gasteiger partial charge in [0.25, 0.3) is 0 Å². The molecule has 0 atom stereocenters. The first-order chi connectivity index (χ1) is 13.8. The van der Waals surface area contributed by atoms with Crippen LogP contribution in [0.2, 0.25) is 0 Å². The van der Waals surface area contributed by atoms with E-state index in [-0.39, 0.29) is 12.5 Å². The van der Waals surface area contributed by atoms with E-state index < -0.39 is 0 Å². The second kappa shape index (κ2) is 10.4. The summed E-state index contributed by atoms with van der Waals surface area (Å²) in [7, 11) is 0. The first-order valence-corrected chi connectivity index (χ1v) is 10.0. The molecule has 3 aromatic carbocycles. The molecule has 0 saturated carbocycles. The molecule has 0 bridgehead atoms. The number of hydrogen-bond donors (Lipinski definition) is 2. The Bertz CT molecular complexity index is 885. The fraction of sp³-hybridized carbons (Fsp3) is 0.292. The molecular weight excluding hydrogens is 348 g/mol. The van der Waals surface area contributed by atoms with Crippen molar-refractivity contribution in [1.82, 2.24) is 0 Å². The lowest BCUT2D eigenvalue weighted by Gasteiger charge is -2.11. The van der Waals surface area contributed by atoms with E-state index in [1.807, 2.05) is 48.5 Å². The van der Waals surface area contributed by atoms with Crippen LogP contribution in [0.5, 0.6) is 5.75 Å². The SMILES string of the molecule is CCCCCCOc1ccc(NC(=O)CNc2cccc3ccccc23)cc1. The van der Waals surface area contributed by atoms with E-state index in [9.17, 15) is 4.79 Å². The number of nitrogens with one attached hydrogen (secondary N) is 2. The number of unbranched alkanes of at least 4 members (excludes halogenated alkanes) is 3. The van der Waals surface area contributed by atoms with Gasteiger partial charge in [-0.15, -0.1) is 0 Å². The van der Waals surface area contributed by atoms with Crippen LogP contribution in [0, 0.1) is 0 Å². The number of hydrogen-bond acceptors (Lipinski definition) is 3. The third-order valence-electron chi connectivity index (χ3n) is 4.63. The van der Waals surface area contributed by atoms with Crippen molar-refractivity contribution in [2.45, 2.75) is 32.6 Å². The molecule has 0 fully saturated rings. The van der Waals surface area contributed by atoms with Crippen LogP contribution in [0.1, 0.15) is 32.6 Å². The summed E-state index contributed by atoms with van der Waals surface area (Å²) in [5, 5.41) is 8.40. The molecule has 0 aliphatic carbocycles. The highest BCUT2D eigenvalue weighted by Gasteiger charge is 2.05. The van der Waals surface area contributed by atoms with E-state index in [4.69, 9.17) is 4.74 Å². The molecule has 0 spiro atoms. The van der Waals surface area contributed by atoms with Gasteiger partial charge < -0.3 is 15.4 Å². The molecule has 4 nitrogen and oxygen atoms in total. The van der Waals surface area contributed by atoms with Crippen LogP contribution in [0.3, 0.4) is 0 Å². The van der Waals surface area contributed by atoms with E-state index in [0.29, 0.717) is 0 Å². The largest absolute Gasteiger partial charge is 0.494 e. The number of benzene rings is 3. The molecule has 2 N–H and O–H groups in total. The number of fused-ring (bicyclic) bond motifs is 1. The first kappa shape index (κ1) is 19.7. The van der Waals surface area contributed by atoms with Gasteiger partial charge in [-0.25, -0.2) is 0 Å². The maximum absolute atomic E-state index is 12.3. The fourth-order valence-electron chi connectivity index (χ4n) is 3.11. The van der Waals surface area contributed by atoms with Gasteiger partial charge in [0.15, 0.2) is 0 Å². The fourth-order valence-corrected chi connectivity index (χ4v) is 3.11. The van der Waals surface area contributed by atoms with Crippen molar-refractivity contribution in [3.05, 3.63) is 66.7 Å². The van der Waals surface area contributed by atoms with Gasteiger partial charge in [-0.05, 0) is 42.1 Å². The van der Waals surface area contributed by atoms with Crippen molar-refractivity contribution in [2.75, 3.05) is 23.8 Å². The lowest BCUT2D eigenvalue weighted by atomic mass is 10.1. The summed E-state index contributed by atoms with van der Waals surface area (Å²) < 4.78 is 5.73. The number of carbonyl (C=O) groups is 1. The third-order valence-corrected chi connectivity index (χ3v) is 4.63. The summed E-state index contributed by atoms with van der Waals surface area (Å²) in [4.78, 5) is 12.3. The van der Waals surface area contributed by atoms with Gasteiger partial charge in [0, 0.05) is 16.8 Å². The monoisotopic (exact) mass is 376 g/mol. The van der Waals surface area contributed by atoms with Crippen molar-refractivity contribution >= 4 is 28.1 Å². The summed E-state index contributed by atoms with van der Waals surface area (Å²) >= 11 is 0. The van der Waals surface area contributed by atoms with E-state index in [0.717, 1.165) is 40.9 Å². The Morgan fingerprint density at radius 1 is 0.893 bits per heavy atom. The van der Waals surface area contributed by atoms with Crippen molar-refractivity contribution in [2.24, 2.45) is 0 Å². The average molecular weight is 377 g/mol. The molecule has 3 rings (SSSR count). The minimum absolute atomic E-state index is 0.0823. The van der Waals surface area contributed by atoms with E-state index in [2.05, 4.69) is 35.8 Å². The summed E-state index contributed by atoms with van der Waals surface area (Å²) in [6.07, 6.45) is 4.76. The Balaban J connectivity index is 1.47. The van der Waals surface area contributed by atoms with Crippen LogP contribution in [0.15, 0.2) is 66.7 Å². The highest BCUT2D eigenvalue weighted by atomic mass is 16.5. The lowest BCUT2D eigenvalue weighted by Crippen LogP contribution is -2.21. The number of carbonyl (C=O) groups excluding carboxylic acids is 1. The molecule has 0 saturated heterocycles. The van der Waals surface area contributed by atoms with Crippen LogP contribution >= 0.6 is 0 Å². The van der Waals surface area contributed by atoms with E-state index in [1.54, 1.807) is 0 Å². The van der Waals surface area contributed by atoms with Gasteiger partial charge in [-0.2, -0.15) is 0 Å². The standard InChI is InChI=1S/C24H28N2O2/c1-2-3-4-7-17-28-21-15-13-20(14-16-21)26-24(27)18-25-23-12-8-10-19-9-5-6-11-22(19)23/h5-6,8-16,25H,2-4,7,17-18H2,1H3,(H,26,27). The quantitative estimate of drug-likeness (QED) is 0.436. The number of anilines is 2. The molecule has 28 heavy (non-hydrogen) atoms. The van der Waals surface area contributed by atoms with Gasteiger partial charge >= 0.3 is 0 Å². The Morgan fingerprint density at radius 2 is 1.68 bits per heavy atom. The highest BCUT2D eigenvalue weighted by Crippen LogP contribution is 2.22. The highest BCUT2D eigenvalue weighted by molar-refractivity contribution is 5.97. The van der Waals surface area contributed by atoms with Crippen molar-refractivity contribution < 1.29 is 9.53 Å². The molecule has 0 aromatic heterocycles. The predicted molar refractivity (Wildman–Crippen MR) is 117 cm³/mol. The lowest BCUT2D eigenvalue weighted by molar-refractivity contribution is -0.114. The summed E-state index contributed by atoms with van der Waals surface area (Å²) in [6, 6.07) is 21.7. The van der Waals surface area contributed by atoms with Crippen LogP contribution < -0.4 is 15.4 Å². The number of ether oxygens (including phenoxy) is 1.